The highest BCUT2D eigenvalue weighted by Gasteiger charge is 2.20. The van der Waals surface area contributed by atoms with E-state index in [2.05, 4.69) is 10.1 Å². The van der Waals surface area contributed by atoms with Gasteiger partial charge in [0, 0.05) is 13.2 Å². The quantitative estimate of drug-likeness (QED) is 0.677. The summed E-state index contributed by atoms with van der Waals surface area (Å²) in [5, 5.41) is 5.73. The molecule has 3 aromatic heterocycles. The number of rotatable bonds is 3. The Bertz CT molecular complexity index is 682. The summed E-state index contributed by atoms with van der Waals surface area (Å²) in [6, 6.07) is 7.29. The van der Waals surface area contributed by atoms with E-state index in [1.807, 2.05) is 17.5 Å². The van der Waals surface area contributed by atoms with Crippen molar-refractivity contribution in [3.8, 4) is 10.7 Å². The van der Waals surface area contributed by atoms with Crippen molar-refractivity contribution in [1.29, 1.82) is 0 Å². The standard InChI is InChI=1S/C12H9N3O2S/c1-15-6-2-4-8(15)10(16)12-13-11(14-17-12)9-5-3-7-18-9/h2-7H,1H3. The van der Waals surface area contributed by atoms with Crippen molar-refractivity contribution < 1.29 is 9.32 Å². The van der Waals surface area contributed by atoms with Gasteiger partial charge in [0.25, 0.3) is 5.78 Å². The fraction of sp³-hybridized carbons (Fsp3) is 0.0833. The first-order valence-electron chi connectivity index (χ1n) is 5.29. The molecule has 0 aliphatic rings. The van der Waals surface area contributed by atoms with Crippen LogP contribution in [0.5, 0.6) is 0 Å². The summed E-state index contributed by atoms with van der Waals surface area (Å²) < 4.78 is 6.73. The maximum atomic E-state index is 12.1. The molecule has 3 rings (SSSR count). The first-order valence-corrected chi connectivity index (χ1v) is 6.17. The molecule has 0 aliphatic heterocycles. The molecule has 0 aliphatic carbocycles. The van der Waals surface area contributed by atoms with Crippen LogP contribution in [0, 0.1) is 0 Å². The van der Waals surface area contributed by atoms with Gasteiger partial charge in [-0.3, -0.25) is 4.79 Å². The van der Waals surface area contributed by atoms with Gasteiger partial charge in [-0.1, -0.05) is 11.2 Å². The average Bonchev–Trinajstić information content (AvgIpc) is 3.09. The predicted octanol–water partition coefficient (Wildman–Crippen LogP) is 2.37. The SMILES string of the molecule is Cn1cccc1C(=O)c1nc(-c2cccs2)no1. The Morgan fingerprint density at radius 3 is 2.94 bits per heavy atom. The van der Waals surface area contributed by atoms with E-state index in [1.165, 1.54) is 11.3 Å². The van der Waals surface area contributed by atoms with Gasteiger partial charge in [-0.15, -0.1) is 11.3 Å². The summed E-state index contributed by atoms with van der Waals surface area (Å²) in [4.78, 5) is 17.1. The van der Waals surface area contributed by atoms with E-state index in [9.17, 15) is 4.79 Å². The largest absolute Gasteiger partial charge is 0.348 e. The highest BCUT2D eigenvalue weighted by molar-refractivity contribution is 7.13. The maximum absolute atomic E-state index is 12.1. The molecular weight excluding hydrogens is 250 g/mol. The molecule has 0 amide bonds. The van der Waals surface area contributed by atoms with Crippen LogP contribution < -0.4 is 0 Å². The maximum Gasteiger partial charge on any atom is 0.300 e. The number of aryl methyl sites for hydroxylation is 1. The second-order valence-electron chi connectivity index (χ2n) is 3.73. The highest BCUT2D eigenvalue weighted by Crippen LogP contribution is 2.21. The highest BCUT2D eigenvalue weighted by atomic mass is 32.1. The number of ketones is 1. The van der Waals surface area contributed by atoms with Crippen molar-refractivity contribution in [3.63, 3.8) is 0 Å². The van der Waals surface area contributed by atoms with E-state index in [4.69, 9.17) is 4.52 Å². The normalized spacial score (nSPS) is 10.7. The molecule has 0 atom stereocenters. The molecule has 3 aromatic rings. The van der Waals surface area contributed by atoms with E-state index in [0.717, 1.165) is 4.88 Å². The van der Waals surface area contributed by atoms with Crippen LogP contribution in [0.2, 0.25) is 0 Å². The van der Waals surface area contributed by atoms with Crippen molar-refractivity contribution in [3.05, 3.63) is 47.4 Å². The molecule has 5 nitrogen and oxygen atoms in total. The van der Waals surface area contributed by atoms with Crippen LogP contribution in [0.4, 0.5) is 0 Å². The number of hydrogen-bond acceptors (Lipinski definition) is 5. The van der Waals surface area contributed by atoms with Crippen LogP contribution in [-0.2, 0) is 7.05 Å². The summed E-state index contributed by atoms with van der Waals surface area (Å²) in [5.74, 6) is 0.195. The molecule has 0 spiro atoms. The fourth-order valence-corrected chi connectivity index (χ4v) is 2.28. The number of nitrogens with zero attached hydrogens (tertiary/aromatic N) is 3. The van der Waals surface area contributed by atoms with Crippen molar-refractivity contribution in [1.82, 2.24) is 14.7 Å². The van der Waals surface area contributed by atoms with E-state index >= 15 is 0 Å². The number of thiophene rings is 1. The summed E-state index contributed by atoms with van der Waals surface area (Å²) in [6.45, 7) is 0. The molecular formula is C12H9N3O2S. The number of aromatic nitrogens is 3. The van der Waals surface area contributed by atoms with E-state index in [0.29, 0.717) is 11.5 Å². The Balaban J connectivity index is 1.95. The minimum Gasteiger partial charge on any atom is -0.348 e. The number of carbonyl (C=O) groups is 1. The summed E-state index contributed by atoms with van der Waals surface area (Å²) in [5.41, 5.74) is 0.524. The van der Waals surface area contributed by atoms with Gasteiger partial charge in [0.15, 0.2) is 0 Å². The molecule has 90 valence electrons. The molecule has 0 saturated carbocycles. The number of hydrogen-bond donors (Lipinski definition) is 0. The molecule has 0 bridgehead atoms. The summed E-state index contributed by atoms with van der Waals surface area (Å²) in [7, 11) is 1.80. The number of carbonyl (C=O) groups excluding carboxylic acids is 1. The monoisotopic (exact) mass is 259 g/mol. The Kier molecular flexibility index (Phi) is 2.56. The third-order valence-corrected chi connectivity index (χ3v) is 3.40. The first kappa shape index (κ1) is 10.9. The summed E-state index contributed by atoms with van der Waals surface area (Å²) in [6.07, 6.45) is 1.80. The molecule has 0 unspecified atom stereocenters. The van der Waals surface area contributed by atoms with Crippen LogP contribution >= 0.6 is 11.3 Å². The van der Waals surface area contributed by atoms with Crippen LogP contribution in [0.1, 0.15) is 16.4 Å². The molecule has 3 heterocycles. The van der Waals surface area contributed by atoms with Crippen molar-refractivity contribution in [2.45, 2.75) is 0 Å². The van der Waals surface area contributed by atoms with Gasteiger partial charge in [0.05, 0.1) is 10.6 Å². The minimum atomic E-state index is -0.266. The van der Waals surface area contributed by atoms with E-state index < -0.39 is 0 Å². The van der Waals surface area contributed by atoms with Gasteiger partial charge in [-0.25, -0.2) is 0 Å². The van der Waals surface area contributed by atoms with Crippen LogP contribution in [0.25, 0.3) is 10.7 Å². The zero-order valence-corrected chi connectivity index (χ0v) is 10.3. The molecule has 18 heavy (non-hydrogen) atoms. The Morgan fingerprint density at radius 2 is 2.28 bits per heavy atom. The lowest BCUT2D eigenvalue weighted by atomic mass is 10.3. The van der Waals surface area contributed by atoms with Gasteiger partial charge in [-0.2, -0.15) is 4.98 Å². The van der Waals surface area contributed by atoms with Crippen molar-refractivity contribution >= 4 is 17.1 Å². The van der Waals surface area contributed by atoms with Crippen LogP contribution in [0.3, 0.4) is 0 Å². The predicted molar refractivity (Wildman–Crippen MR) is 66.5 cm³/mol. The fourth-order valence-electron chi connectivity index (χ4n) is 1.63. The smallest absolute Gasteiger partial charge is 0.300 e. The minimum absolute atomic E-state index is 0.0141. The van der Waals surface area contributed by atoms with Crippen LogP contribution in [-0.4, -0.2) is 20.5 Å². The van der Waals surface area contributed by atoms with Crippen molar-refractivity contribution in [2.75, 3.05) is 0 Å². The third-order valence-electron chi connectivity index (χ3n) is 2.54. The topological polar surface area (TPSA) is 60.9 Å². The van der Waals surface area contributed by atoms with E-state index in [1.54, 1.807) is 29.9 Å². The first-order chi connectivity index (χ1) is 8.75. The zero-order chi connectivity index (χ0) is 12.5. The molecule has 6 heteroatoms. The second kappa shape index (κ2) is 4.23. The summed E-state index contributed by atoms with van der Waals surface area (Å²) >= 11 is 1.50. The van der Waals surface area contributed by atoms with Gasteiger partial charge in [-0.05, 0) is 23.6 Å². The van der Waals surface area contributed by atoms with E-state index in [-0.39, 0.29) is 11.7 Å². The molecule has 0 radical (unpaired) electrons. The van der Waals surface area contributed by atoms with Crippen LogP contribution in [0.15, 0.2) is 40.4 Å². The molecule has 0 saturated heterocycles. The Morgan fingerprint density at radius 1 is 1.39 bits per heavy atom. The van der Waals surface area contributed by atoms with Crippen molar-refractivity contribution in [2.24, 2.45) is 7.05 Å². The lowest BCUT2D eigenvalue weighted by molar-refractivity contribution is 0.0986. The molecule has 0 N–H and O–H groups in total. The Hall–Kier alpha value is -2.21. The van der Waals surface area contributed by atoms with Gasteiger partial charge < -0.3 is 9.09 Å². The van der Waals surface area contributed by atoms with Gasteiger partial charge in [0.1, 0.15) is 0 Å². The third kappa shape index (κ3) is 1.76. The second-order valence-corrected chi connectivity index (χ2v) is 4.68. The Labute approximate surface area is 107 Å². The molecule has 0 fully saturated rings. The molecule has 0 aromatic carbocycles. The van der Waals surface area contributed by atoms with Gasteiger partial charge in [0.2, 0.25) is 5.82 Å². The van der Waals surface area contributed by atoms with Gasteiger partial charge >= 0.3 is 5.89 Å². The lowest BCUT2D eigenvalue weighted by Crippen LogP contribution is -2.07. The lowest BCUT2D eigenvalue weighted by Gasteiger charge is -1.96. The average molecular weight is 259 g/mol. The zero-order valence-electron chi connectivity index (χ0n) is 9.53.